The van der Waals surface area contributed by atoms with Gasteiger partial charge in [0.05, 0.1) is 12.2 Å². The summed E-state index contributed by atoms with van der Waals surface area (Å²) in [4.78, 5) is 11.8. The summed E-state index contributed by atoms with van der Waals surface area (Å²) in [6.45, 7) is 7.99. The molecule has 0 aromatic heterocycles. The van der Waals surface area contributed by atoms with Gasteiger partial charge in [0.15, 0.2) is 0 Å². The number of benzene rings is 1. The number of hydrogen-bond donors (Lipinski definition) is 1. The first-order chi connectivity index (χ1) is 8.69. The quantitative estimate of drug-likeness (QED) is 0.590. The Morgan fingerprint density at radius 1 is 1.50 bits per heavy atom. The van der Waals surface area contributed by atoms with Crippen molar-refractivity contribution in [3.63, 3.8) is 0 Å². The Hall–Kier alpha value is -1.77. The van der Waals surface area contributed by atoms with Crippen molar-refractivity contribution in [3.05, 3.63) is 42.5 Å². The normalized spacial score (nSPS) is 11.7. The van der Waals surface area contributed by atoms with E-state index in [4.69, 9.17) is 4.74 Å². The van der Waals surface area contributed by atoms with Gasteiger partial charge in [-0.25, -0.2) is 4.79 Å². The molecule has 3 nitrogen and oxygen atoms in total. The molecule has 0 saturated carbocycles. The summed E-state index contributed by atoms with van der Waals surface area (Å²) in [5.41, 5.74) is 1.41. The maximum atomic E-state index is 11.8. The van der Waals surface area contributed by atoms with Crippen molar-refractivity contribution in [2.75, 3.05) is 11.9 Å². The van der Waals surface area contributed by atoms with Gasteiger partial charge in [-0.1, -0.05) is 18.2 Å². The molecule has 0 bridgehead atoms. The molecule has 0 radical (unpaired) electrons. The predicted octanol–water partition coefficient (Wildman–Crippen LogP) is 3.63. The molecule has 1 aromatic carbocycles. The lowest BCUT2D eigenvalue weighted by molar-refractivity contribution is 0.0527. The molecule has 0 saturated heterocycles. The van der Waals surface area contributed by atoms with Gasteiger partial charge in [-0.15, -0.1) is 6.58 Å². The van der Waals surface area contributed by atoms with Gasteiger partial charge < -0.3 is 10.1 Å². The van der Waals surface area contributed by atoms with Crippen molar-refractivity contribution in [3.8, 4) is 0 Å². The lowest BCUT2D eigenvalue weighted by atomic mass is 10.1. The maximum absolute atomic E-state index is 11.8. The van der Waals surface area contributed by atoms with Gasteiger partial charge >= 0.3 is 5.97 Å². The Labute approximate surface area is 109 Å². The molecule has 0 heterocycles. The SMILES string of the molecule is C=CCCC(C)Nc1ccccc1C(=O)OCC. The highest BCUT2D eigenvalue weighted by Gasteiger charge is 2.12. The zero-order chi connectivity index (χ0) is 13.4. The van der Waals surface area contributed by atoms with E-state index in [0.717, 1.165) is 18.5 Å². The van der Waals surface area contributed by atoms with E-state index < -0.39 is 0 Å². The highest BCUT2D eigenvalue weighted by molar-refractivity contribution is 5.95. The second-order valence-corrected chi connectivity index (χ2v) is 4.18. The fourth-order valence-corrected chi connectivity index (χ4v) is 1.70. The summed E-state index contributed by atoms with van der Waals surface area (Å²) < 4.78 is 5.04. The summed E-state index contributed by atoms with van der Waals surface area (Å²) in [6.07, 6.45) is 3.84. The molecule has 0 aliphatic rings. The average Bonchev–Trinajstić information content (AvgIpc) is 2.37. The van der Waals surface area contributed by atoms with Gasteiger partial charge in [-0.05, 0) is 38.8 Å². The van der Waals surface area contributed by atoms with Crippen molar-refractivity contribution < 1.29 is 9.53 Å². The van der Waals surface area contributed by atoms with Crippen molar-refractivity contribution >= 4 is 11.7 Å². The van der Waals surface area contributed by atoms with Crippen LogP contribution >= 0.6 is 0 Å². The number of allylic oxidation sites excluding steroid dienone is 1. The van der Waals surface area contributed by atoms with Crippen LogP contribution in [-0.2, 0) is 4.74 Å². The van der Waals surface area contributed by atoms with E-state index >= 15 is 0 Å². The number of anilines is 1. The molecular formula is C15H21NO2. The number of hydrogen-bond acceptors (Lipinski definition) is 3. The molecule has 3 heteroatoms. The maximum Gasteiger partial charge on any atom is 0.340 e. The molecular weight excluding hydrogens is 226 g/mol. The molecule has 1 N–H and O–H groups in total. The van der Waals surface area contributed by atoms with Crippen LogP contribution in [0, 0.1) is 0 Å². The van der Waals surface area contributed by atoms with Gasteiger partial charge in [-0.2, -0.15) is 0 Å². The van der Waals surface area contributed by atoms with E-state index in [-0.39, 0.29) is 5.97 Å². The second kappa shape index (κ2) is 7.54. The van der Waals surface area contributed by atoms with Crippen molar-refractivity contribution in [1.82, 2.24) is 0 Å². The zero-order valence-corrected chi connectivity index (χ0v) is 11.1. The molecule has 1 rings (SSSR count). The molecule has 0 fully saturated rings. The minimum Gasteiger partial charge on any atom is -0.462 e. The molecule has 98 valence electrons. The number of ether oxygens (including phenoxy) is 1. The number of carbonyl (C=O) groups excluding carboxylic acids is 1. The highest BCUT2D eigenvalue weighted by Crippen LogP contribution is 2.18. The van der Waals surface area contributed by atoms with Crippen LogP contribution in [0.15, 0.2) is 36.9 Å². The first kappa shape index (κ1) is 14.3. The molecule has 0 spiro atoms. The van der Waals surface area contributed by atoms with Crippen LogP contribution in [0.4, 0.5) is 5.69 Å². The van der Waals surface area contributed by atoms with Gasteiger partial charge in [0.25, 0.3) is 0 Å². The lowest BCUT2D eigenvalue weighted by Crippen LogP contribution is -2.17. The third kappa shape index (κ3) is 4.24. The lowest BCUT2D eigenvalue weighted by Gasteiger charge is -2.16. The van der Waals surface area contributed by atoms with E-state index in [1.54, 1.807) is 13.0 Å². The van der Waals surface area contributed by atoms with Crippen LogP contribution in [0.5, 0.6) is 0 Å². The zero-order valence-electron chi connectivity index (χ0n) is 11.1. The third-order valence-corrected chi connectivity index (χ3v) is 2.63. The summed E-state index contributed by atoms with van der Waals surface area (Å²) in [5.74, 6) is -0.281. The van der Waals surface area contributed by atoms with Crippen molar-refractivity contribution in [2.24, 2.45) is 0 Å². The van der Waals surface area contributed by atoms with Crippen molar-refractivity contribution in [2.45, 2.75) is 32.7 Å². The number of esters is 1. The summed E-state index contributed by atoms with van der Waals surface area (Å²) >= 11 is 0. The van der Waals surface area contributed by atoms with Crippen LogP contribution in [-0.4, -0.2) is 18.6 Å². The number of carbonyl (C=O) groups is 1. The highest BCUT2D eigenvalue weighted by atomic mass is 16.5. The molecule has 0 amide bonds. The topological polar surface area (TPSA) is 38.3 Å². The molecule has 1 unspecified atom stereocenters. The molecule has 0 aliphatic carbocycles. The average molecular weight is 247 g/mol. The minimum absolute atomic E-state index is 0.281. The third-order valence-electron chi connectivity index (χ3n) is 2.63. The first-order valence-electron chi connectivity index (χ1n) is 6.32. The monoisotopic (exact) mass is 247 g/mol. The number of para-hydroxylation sites is 1. The smallest absolute Gasteiger partial charge is 0.340 e. The van der Waals surface area contributed by atoms with Gasteiger partial charge in [0.2, 0.25) is 0 Å². The van der Waals surface area contributed by atoms with Crippen LogP contribution < -0.4 is 5.32 Å². The fourth-order valence-electron chi connectivity index (χ4n) is 1.70. The predicted molar refractivity (Wildman–Crippen MR) is 74.9 cm³/mol. The fraction of sp³-hybridized carbons (Fsp3) is 0.400. The Morgan fingerprint density at radius 2 is 2.22 bits per heavy atom. The Morgan fingerprint density at radius 3 is 2.89 bits per heavy atom. The minimum atomic E-state index is -0.281. The molecule has 1 atom stereocenters. The van der Waals surface area contributed by atoms with E-state index in [2.05, 4.69) is 18.8 Å². The van der Waals surface area contributed by atoms with E-state index in [0.29, 0.717) is 18.2 Å². The number of nitrogens with one attached hydrogen (secondary N) is 1. The Kier molecular flexibility index (Phi) is 5.98. The largest absolute Gasteiger partial charge is 0.462 e. The van der Waals surface area contributed by atoms with Crippen LogP contribution in [0.2, 0.25) is 0 Å². The Bertz CT molecular complexity index is 401. The van der Waals surface area contributed by atoms with Gasteiger partial charge in [0, 0.05) is 11.7 Å². The summed E-state index contributed by atoms with van der Waals surface area (Å²) in [5, 5.41) is 3.34. The standard InChI is InChI=1S/C15H21NO2/c1-4-6-9-12(3)16-14-11-8-7-10-13(14)15(17)18-5-2/h4,7-8,10-12,16H,1,5-6,9H2,2-3H3. The van der Waals surface area contributed by atoms with E-state index in [1.807, 2.05) is 24.3 Å². The van der Waals surface area contributed by atoms with Crippen molar-refractivity contribution in [1.29, 1.82) is 0 Å². The van der Waals surface area contributed by atoms with Crippen LogP contribution in [0.25, 0.3) is 0 Å². The van der Waals surface area contributed by atoms with E-state index in [1.165, 1.54) is 0 Å². The van der Waals surface area contributed by atoms with Gasteiger partial charge in [-0.3, -0.25) is 0 Å². The molecule has 18 heavy (non-hydrogen) atoms. The molecule has 1 aromatic rings. The number of rotatable bonds is 7. The Balaban J connectivity index is 2.75. The summed E-state index contributed by atoms with van der Waals surface area (Å²) in [6, 6.07) is 7.72. The van der Waals surface area contributed by atoms with Crippen LogP contribution in [0.1, 0.15) is 37.0 Å². The van der Waals surface area contributed by atoms with E-state index in [9.17, 15) is 4.79 Å². The molecule has 0 aliphatic heterocycles. The summed E-state index contributed by atoms with van der Waals surface area (Å²) in [7, 11) is 0. The first-order valence-corrected chi connectivity index (χ1v) is 6.32. The van der Waals surface area contributed by atoms with Gasteiger partial charge in [0.1, 0.15) is 0 Å². The van der Waals surface area contributed by atoms with Crippen LogP contribution in [0.3, 0.4) is 0 Å². The second-order valence-electron chi connectivity index (χ2n) is 4.18.